The van der Waals surface area contributed by atoms with Crippen LogP contribution in [0.15, 0.2) is 18.2 Å². The molecule has 0 radical (unpaired) electrons. The summed E-state index contributed by atoms with van der Waals surface area (Å²) in [4.78, 5) is 25.3. The zero-order chi connectivity index (χ0) is 14.5. The van der Waals surface area contributed by atoms with Crippen molar-refractivity contribution >= 4 is 23.4 Å². The molecule has 1 saturated heterocycles. The summed E-state index contributed by atoms with van der Waals surface area (Å²) in [7, 11) is 0. The van der Waals surface area contributed by atoms with E-state index in [9.17, 15) is 14.0 Å². The molecule has 6 heteroatoms. The predicted molar refractivity (Wildman–Crippen MR) is 74.2 cm³/mol. The Morgan fingerprint density at radius 1 is 1.30 bits per heavy atom. The molecule has 0 aromatic heterocycles. The third kappa shape index (κ3) is 3.70. The summed E-state index contributed by atoms with van der Waals surface area (Å²) in [6, 6.07) is 3.87. The van der Waals surface area contributed by atoms with E-state index >= 15 is 0 Å². The molecule has 1 aromatic rings. The lowest BCUT2D eigenvalue weighted by molar-refractivity contribution is -0.129. The fourth-order valence-corrected chi connectivity index (χ4v) is 2.34. The fourth-order valence-electron chi connectivity index (χ4n) is 2.18. The number of carbonyl (C=O) groups is 2. The molecule has 0 saturated carbocycles. The van der Waals surface area contributed by atoms with Crippen LogP contribution >= 0.6 is 11.6 Å². The molecule has 1 aliphatic rings. The van der Waals surface area contributed by atoms with Gasteiger partial charge < -0.3 is 10.2 Å². The normalized spacial score (nSPS) is 14.4. The van der Waals surface area contributed by atoms with Gasteiger partial charge in [0, 0.05) is 31.1 Å². The number of rotatable bonds is 4. The third-order valence-corrected chi connectivity index (χ3v) is 3.49. The van der Waals surface area contributed by atoms with E-state index in [4.69, 9.17) is 11.6 Å². The van der Waals surface area contributed by atoms with E-state index in [-0.39, 0.29) is 29.5 Å². The molecular weight excluding hydrogens is 283 g/mol. The number of halogens is 2. The molecule has 1 aliphatic heterocycles. The monoisotopic (exact) mass is 298 g/mol. The van der Waals surface area contributed by atoms with Crippen LogP contribution in [0.2, 0.25) is 5.02 Å². The summed E-state index contributed by atoms with van der Waals surface area (Å²) in [5.74, 6) is -1.17. The standard InChI is InChI=1S/C14H16ClFN2O2/c15-10-3-4-11(12(16)9-10)14(20)17-6-5-13(19)18-7-1-2-8-18/h3-4,9H,1-2,5-8H2,(H,17,20). The summed E-state index contributed by atoms with van der Waals surface area (Å²) in [5.41, 5.74) is -0.0666. The number of carbonyl (C=O) groups excluding carboxylic acids is 2. The summed E-state index contributed by atoms with van der Waals surface area (Å²) >= 11 is 5.62. The fraction of sp³-hybridized carbons (Fsp3) is 0.429. The minimum atomic E-state index is -0.666. The Balaban J connectivity index is 1.81. The molecule has 1 aromatic carbocycles. The van der Waals surface area contributed by atoms with Gasteiger partial charge in [0.2, 0.25) is 5.91 Å². The van der Waals surface area contributed by atoms with Crippen LogP contribution in [0.3, 0.4) is 0 Å². The lowest BCUT2D eigenvalue weighted by Crippen LogP contribution is -2.32. The molecule has 0 spiro atoms. The van der Waals surface area contributed by atoms with Crippen molar-refractivity contribution < 1.29 is 14.0 Å². The molecule has 0 aliphatic carbocycles. The highest BCUT2D eigenvalue weighted by atomic mass is 35.5. The van der Waals surface area contributed by atoms with Crippen LogP contribution < -0.4 is 5.32 Å². The van der Waals surface area contributed by atoms with E-state index in [0.717, 1.165) is 32.0 Å². The van der Waals surface area contributed by atoms with Gasteiger partial charge in [-0.15, -0.1) is 0 Å². The number of nitrogens with one attached hydrogen (secondary N) is 1. The van der Waals surface area contributed by atoms with Crippen molar-refractivity contribution in [2.75, 3.05) is 19.6 Å². The van der Waals surface area contributed by atoms with Gasteiger partial charge in [-0.1, -0.05) is 11.6 Å². The Morgan fingerprint density at radius 3 is 2.65 bits per heavy atom. The Morgan fingerprint density at radius 2 is 2.00 bits per heavy atom. The molecule has 0 unspecified atom stereocenters. The van der Waals surface area contributed by atoms with Crippen molar-refractivity contribution in [3.8, 4) is 0 Å². The van der Waals surface area contributed by atoms with E-state index in [2.05, 4.69) is 5.32 Å². The molecule has 1 fully saturated rings. The Labute approximate surface area is 121 Å². The average molecular weight is 299 g/mol. The third-order valence-electron chi connectivity index (χ3n) is 3.26. The van der Waals surface area contributed by atoms with Gasteiger partial charge in [-0.25, -0.2) is 4.39 Å². The minimum Gasteiger partial charge on any atom is -0.351 e. The van der Waals surface area contributed by atoms with Crippen LogP contribution in [0.1, 0.15) is 29.6 Å². The molecule has 4 nitrogen and oxygen atoms in total. The zero-order valence-electron chi connectivity index (χ0n) is 11.0. The molecule has 1 N–H and O–H groups in total. The largest absolute Gasteiger partial charge is 0.351 e. The maximum absolute atomic E-state index is 13.5. The number of amides is 2. The number of likely N-dealkylation sites (tertiary alicyclic amines) is 1. The molecule has 1 heterocycles. The van der Waals surface area contributed by atoms with Crippen LogP contribution in [0.4, 0.5) is 4.39 Å². The van der Waals surface area contributed by atoms with Crippen molar-refractivity contribution in [2.45, 2.75) is 19.3 Å². The molecule has 0 atom stereocenters. The topological polar surface area (TPSA) is 49.4 Å². The Hall–Kier alpha value is -1.62. The van der Waals surface area contributed by atoms with Gasteiger partial charge in [0.1, 0.15) is 5.82 Å². The minimum absolute atomic E-state index is 0.0272. The zero-order valence-corrected chi connectivity index (χ0v) is 11.8. The number of nitrogens with zero attached hydrogens (tertiary/aromatic N) is 1. The SMILES string of the molecule is O=C(NCCC(=O)N1CCCC1)c1ccc(Cl)cc1F. The van der Waals surface area contributed by atoms with Crippen LogP contribution in [-0.2, 0) is 4.79 Å². The molecule has 2 rings (SSSR count). The Bertz CT molecular complexity index is 516. The summed E-state index contributed by atoms with van der Waals surface area (Å²) in [5, 5.41) is 2.78. The van der Waals surface area contributed by atoms with Gasteiger partial charge in [-0.2, -0.15) is 0 Å². The van der Waals surface area contributed by atoms with Gasteiger partial charge in [0.25, 0.3) is 5.91 Å². The first-order valence-electron chi connectivity index (χ1n) is 6.59. The summed E-state index contributed by atoms with van der Waals surface area (Å²) in [6.45, 7) is 1.79. The first-order chi connectivity index (χ1) is 9.58. The molecular formula is C14H16ClFN2O2. The van der Waals surface area contributed by atoms with Crippen LogP contribution in [0.25, 0.3) is 0 Å². The van der Waals surface area contributed by atoms with E-state index in [1.807, 2.05) is 0 Å². The lowest BCUT2D eigenvalue weighted by Gasteiger charge is -2.15. The van der Waals surface area contributed by atoms with Crippen LogP contribution in [-0.4, -0.2) is 36.3 Å². The number of hydrogen-bond donors (Lipinski definition) is 1. The van der Waals surface area contributed by atoms with Gasteiger partial charge in [0.05, 0.1) is 5.56 Å². The second-order valence-corrected chi connectivity index (χ2v) is 5.15. The quantitative estimate of drug-likeness (QED) is 0.926. The van der Waals surface area contributed by atoms with Crippen molar-refractivity contribution in [1.29, 1.82) is 0 Å². The highest BCUT2D eigenvalue weighted by Crippen LogP contribution is 2.14. The first-order valence-corrected chi connectivity index (χ1v) is 6.97. The van der Waals surface area contributed by atoms with Crippen molar-refractivity contribution in [1.82, 2.24) is 10.2 Å². The maximum atomic E-state index is 13.5. The van der Waals surface area contributed by atoms with Gasteiger partial charge in [-0.3, -0.25) is 9.59 Å². The molecule has 108 valence electrons. The van der Waals surface area contributed by atoms with Crippen LogP contribution in [0.5, 0.6) is 0 Å². The highest BCUT2D eigenvalue weighted by molar-refractivity contribution is 6.30. The van der Waals surface area contributed by atoms with Crippen LogP contribution in [0, 0.1) is 5.82 Å². The molecule has 0 bridgehead atoms. The predicted octanol–water partition coefficient (Wildman–Crippen LogP) is 2.22. The number of benzene rings is 1. The highest BCUT2D eigenvalue weighted by Gasteiger charge is 2.18. The van der Waals surface area contributed by atoms with Gasteiger partial charge >= 0.3 is 0 Å². The summed E-state index contributed by atoms with van der Waals surface area (Å²) < 4.78 is 13.5. The summed E-state index contributed by atoms with van der Waals surface area (Å²) in [6.07, 6.45) is 2.31. The smallest absolute Gasteiger partial charge is 0.254 e. The van der Waals surface area contributed by atoms with E-state index in [0.29, 0.717) is 0 Å². The first kappa shape index (κ1) is 14.8. The van der Waals surface area contributed by atoms with Gasteiger partial charge in [-0.05, 0) is 31.0 Å². The average Bonchev–Trinajstić information content (AvgIpc) is 2.92. The second kappa shape index (κ2) is 6.70. The van der Waals surface area contributed by atoms with Gasteiger partial charge in [0.15, 0.2) is 0 Å². The van der Waals surface area contributed by atoms with Crippen molar-refractivity contribution in [3.05, 3.63) is 34.6 Å². The number of hydrogen-bond acceptors (Lipinski definition) is 2. The van der Waals surface area contributed by atoms with Crippen molar-refractivity contribution in [3.63, 3.8) is 0 Å². The van der Waals surface area contributed by atoms with E-state index in [1.165, 1.54) is 12.1 Å². The van der Waals surface area contributed by atoms with E-state index in [1.54, 1.807) is 4.90 Å². The lowest BCUT2D eigenvalue weighted by atomic mass is 10.2. The van der Waals surface area contributed by atoms with Crippen molar-refractivity contribution in [2.24, 2.45) is 0 Å². The molecule has 2 amide bonds. The Kier molecular flexibility index (Phi) is 4.95. The van der Waals surface area contributed by atoms with E-state index < -0.39 is 11.7 Å². The second-order valence-electron chi connectivity index (χ2n) is 4.72. The molecule has 20 heavy (non-hydrogen) atoms. The maximum Gasteiger partial charge on any atom is 0.254 e.